The molecule has 0 bridgehead atoms. The molecule has 21 heavy (non-hydrogen) atoms. The number of carbonyl (C=O) groups is 1. The quantitative estimate of drug-likeness (QED) is 0.885. The number of hydrogen-bond donors (Lipinski definition) is 1. The summed E-state index contributed by atoms with van der Waals surface area (Å²) in [5.41, 5.74) is 1.33. The van der Waals surface area contributed by atoms with Crippen molar-refractivity contribution in [2.75, 3.05) is 5.32 Å². The molecule has 0 unspecified atom stereocenters. The third-order valence-corrected chi connectivity index (χ3v) is 3.15. The molecule has 0 saturated carbocycles. The van der Waals surface area contributed by atoms with Gasteiger partial charge in [0.15, 0.2) is 11.5 Å². The lowest BCUT2D eigenvalue weighted by molar-refractivity contribution is -0.116. The molecule has 0 saturated heterocycles. The van der Waals surface area contributed by atoms with Gasteiger partial charge in [0.2, 0.25) is 5.91 Å². The maximum Gasteiger partial charge on any atom is 0.225 e. The number of benzene rings is 1. The van der Waals surface area contributed by atoms with Crippen LogP contribution >= 0.6 is 0 Å². The zero-order valence-corrected chi connectivity index (χ0v) is 12.0. The molecule has 2 aromatic rings. The fourth-order valence-electron chi connectivity index (χ4n) is 2.03. The van der Waals surface area contributed by atoms with Crippen LogP contribution in [0.25, 0.3) is 0 Å². The largest absolute Gasteiger partial charge is 0.312 e. The van der Waals surface area contributed by atoms with Gasteiger partial charge >= 0.3 is 0 Å². The number of hydrogen-bond acceptors (Lipinski definition) is 3. The fraction of sp³-hybridized carbons (Fsp3) is 0.312. The average Bonchev–Trinajstić information content (AvgIpc) is 2.88. The lowest BCUT2D eigenvalue weighted by atomic mass is 10.2. The van der Waals surface area contributed by atoms with Crippen LogP contribution in [0.5, 0.6) is 0 Å². The minimum absolute atomic E-state index is 0.0804. The number of unbranched alkanes of at least 4 members (excludes halogenated alkanes) is 1. The number of rotatable bonds is 6. The van der Waals surface area contributed by atoms with E-state index in [1.807, 2.05) is 43.3 Å². The van der Waals surface area contributed by atoms with Crippen LogP contribution in [0, 0.1) is 11.3 Å². The molecule has 0 aliphatic heterocycles. The zero-order valence-electron chi connectivity index (χ0n) is 12.0. The van der Waals surface area contributed by atoms with Gasteiger partial charge in [-0.3, -0.25) is 4.79 Å². The van der Waals surface area contributed by atoms with E-state index >= 15 is 0 Å². The summed E-state index contributed by atoms with van der Waals surface area (Å²) in [7, 11) is 0. The second-order valence-corrected chi connectivity index (χ2v) is 4.82. The highest BCUT2D eigenvalue weighted by atomic mass is 16.1. The second-order valence-electron chi connectivity index (χ2n) is 4.82. The number of nitriles is 1. The predicted octanol–water partition coefficient (Wildman–Crippen LogP) is 2.93. The Morgan fingerprint density at radius 1 is 1.38 bits per heavy atom. The molecule has 0 radical (unpaired) electrons. The van der Waals surface area contributed by atoms with Gasteiger partial charge in [-0.05, 0) is 12.0 Å². The number of imidazole rings is 1. The van der Waals surface area contributed by atoms with E-state index in [1.165, 1.54) is 0 Å². The summed E-state index contributed by atoms with van der Waals surface area (Å²) in [6, 6.07) is 11.9. The van der Waals surface area contributed by atoms with E-state index in [1.54, 1.807) is 10.9 Å². The highest BCUT2D eigenvalue weighted by Gasteiger charge is 2.13. The van der Waals surface area contributed by atoms with E-state index in [0.29, 0.717) is 18.8 Å². The lowest BCUT2D eigenvalue weighted by Gasteiger charge is -2.10. The summed E-state index contributed by atoms with van der Waals surface area (Å²) in [6.07, 6.45) is 3.83. The molecule has 0 fully saturated rings. The first-order chi connectivity index (χ1) is 10.2. The van der Waals surface area contributed by atoms with Crippen LogP contribution in [-0.4, -0.2) is 15.5 Å². The van der Waals surface area contributed by atoms with Crippen LogP contribution in [0.15, 0.2) is 36.7 Å². The summed E-state index contributed by atoms with van der Waals surface area (Å²) in [5, 5.41) is 11.9. The van der Waals surface area contributed by atoms with Crippen LogP contribution in [0.2, 0.25) is 0 Å². The van der Waals surface area contributed by atoms with Gasteiger partial charge in [-0.1, -0.05) is 43.7 Å². The van der Waals surface area contributed by atoms with E-state index in [4.69, 9.17) is 5.26 Å². The third-order valence-electron chi connectivity index (χ3n) is 3.15. The van der Waals surface area contributed by atoms with Crippen LogP contribution in [0.3, 0.4) is 0 Å². The van der Waals surface area contributed by atoms with Gasteiger partial charge in [-0.25, -0.2) is 4.98 Å². The number of nitrogens with one attached hydrogen (secondary N) is 1. The summed E-state index contributed by atoms with van der Waals surface area (Å²) < 4.78 is 1.79. The molecule has 1 aromatic carbocycles. The molecular weight excluding hydrogens is 264 g/mol. The number of amides is 1. The van der Waals surface area contributed by atoms with Crippen molar-refractivity contribution in [3.8, 4) is 6.07 Å². The van der Waals surface area contributed by atoms with Crippen LogP contribution < -0.4 is 5.32 Å². The molecule has 2 rings (SSSR count). The maximum absolute atomic E-state index is 11.9. The fourth-order valence-corrected chi connectivity index (χ4v) is 2.03. The van der Waals surface area contributed by atoms with Crippen LogP contribution in [-0.2, 0) is 11.3 Å². The van der Waals surface area contributed by atoms with Crippen molar-refractivity contribution < 1.29 is 4.79 Å². The first kappa shape index (κ1) is 14.8. The molecule has 108 valence electrons. The lowest BCUT2D eigenvalue weighted by Crippen LogP contribution is -2.15. The van der Waals surface area contributed by atoms with Crippen LogP contribution in [0.1, 0.15) is 37.4 Å². The van der Waals surface area contributed by atoms with Crippen molar-refractivity contribution in [2.24, 2.45) is 0 Å². The zero-order chi connectivity index (χ0) is 15.1. The van der Waals surface area contributed by atoms with Gasteiger partial charge in [0.1, 0.15) is 6.07 Å². The molecule has 1 amide bonds. The summed E-state index contributed by atoms with van der Waals surface area (Å²) in [5.74, 6) is 0.394. The van der Waals surface area contributed by atoms with Gasteiger partial charge in [-0.2, -0.15) is 5.26 Å². The molecule has 1 aromatic heterocycles. The molecule has 0 spiro atoms. The molecule has 1 heterocycles. The van der Waals surface area contributed by atoms with Gasteiger partial charge in [0, 0.05) is 6.42 Å². The Morgan fingerprint density at radius 2 is 2.14 bits per heavy atom. The second kappa shape index (κ2) is 7.25. The van der Waals surface area contributed by atoms with Crippen molar-refractivity contribution >= 4 is 11.7 Å². The Balaban J connectivity index is 2.17. The van der Waals surface area contributed by atoms with Crippen molar-refractivity contribution in [3.63, 3.8) is 0 Å². The number of nitrogens with zero attached hydrogens (tertiary/aromatic N) is 3. The van der Waals surface area contributed by atoms with Crippen molar-refractivity contribution in [3.05, 3.63) is 47.9 Å². The summed E-state index contributed by atoms with van der Waals surface area (Å²) in [6.45, 7) is 2.60. The average molecular weight is 282 g/mol. The van der Waals surface area contributed by atoms with Gasteiger partial charge < -0.3 is 9.88 Å². The Hall–Kier alpha value is -2.61. The smallest absolute Gasteiger partial charge is 0.225 e. The summed E-state index contributed by atoms with van der Waals surface area (Å²) >= 11 is 0. The van der Waals surface area contributed by atoms with Gasteiger partial charge in [0.25, 0.3) is 0 Å². The Bertz CT molecular complexity index is 640. The highest BCUT2D eigenvalue weighted by Crippen LogP contribution is 2.16. The van der Waals surface area contributed by atoms with E-state index in [0.717, 1.165) is 18.4 Å². The third kappa shape index (κ3) is 3.93. The normalized spacial score (nSPS) is 10.1. The molecule has 0 aliphatic carbocycles. The standard InChI is InChI=1S/C16H18N4O/c1-2-3-9-15(21)19-16-14(10-17)18-12-20(16)11-13-7-5-4-6-8-13/h4-8,12H,2-3,9,11H2,1H3,(H,19,21). The van der Waals surface area contributed by atoms with Gasteiger partial charge in [-0.15, -0.1) is 0 Å². The molecule has 1 N–H and O–H groups in total. The Kier molecular flexibility index (Phi) is 5.10. The molecular formula is C16H18N4O. The van der Waals surface area contributed by atoms with E-state index in [2.05, 4.69) is 10.3 Å². The first-order valence-electron chi connectivity index (χ1n) is 7.03. The maximum atomic E-state index is 11.9. The number of aromatic nitrogens is 2. The highest BCUT2D eigenvalue weighted by molar-refractivity contribution is 5.90. The number of carbonyl (C=O) groups excluding carboxylic acids is 1. The molecule has 5 nitrogen and oxygen atoms in total. The molecule has 5 heteroatoms. The van der Waals surface area contributed by atoms with E-state index < -0.39 is 0 Å². The van der Waals surface area contributed by atoms with Gasteiger partial charge in [0.05, 0.1) is 12.9 Å². The van der Waals surface area contributed by atoms with Crippen LogP contribution in [0.4, 0.5) is 5.82 Å². The minimum atomic E-state index is -0.0804. The monoisotopic (exact) mass is 282 g/mol. The minimum Gasteiger partial charge on any atom is -0.312 e. The van der Waals surface area contributed by atoms with Crippen molar-refractivity contribution in [2.45, 2.75) is 32.7 Å². The SMILES string of the molecule is CCCCC(=O)Nc1c(C#N)ncn1Cc1ccccc1. The van der Waals surface area contributed by atoms with Crippen molar-refractivity contribution in [1.29, 1.82) is 5.26 Å². The van der Waals surface area contributed by atoms with E-state index in [-0.39, 0.29) is 11.6 Å². The Morgan fingerprint density at radius 3 is 2.81 bits per heavy atom. The number of anilines is 1. The first-order valence-corrected chi connectivity index (χ1v) is 7.03. The van der Waals surface area contributed by atoms with Crippen molar-refractivity contribution in [1.82, 2.24) is 9.55 Å². The summed E-state index contributed by atoms with van der Waals surface area (Å²) in [4.78, 5) is 15.9. The predicted molar refractivity (Wildman–Crippen MR) is 80.6 cm³/mol. The molecule has 0 aliphatic rings. The molecule has 0 atom stereocenters. The topological polar surface area (TPSA) is 70.7 Å². The Labute approximate surface area is 124 Å². The van der Waals surface area contributed by atoms with E-state index in [9.17, 15) is 4.79 Å².